The molecule has 1 amide bonds. The third-order valence-electron chi connectivity index (χ3n) is 6.75. The monoisotopic (exact) mass is 407 g/mol. The highest BCUT2D eigenvalue weighted by Gasteiger charge is 2.38. The van der Waals surface area contributed by atoms with Crippen LogP contribution in [0.3, 0.4) is 0 Å². The summed E-state index contributed by atoms with van der Waals surface area (Å²) in [6.07, 6.45) is 8.53. The topological polar surface area (TPSA) is 58.8 Å². The molecule has 2 aromatic rings. The molecule has 1 saturated carbocycles. The summed E-state index contributed by atoms with van der Waals surface area (Å²) in [4.78, 5) is 22.3. The van der Waals surface area contributed by atoms with Crippen molar-refractivity contribution in [2.24, 2.45) is 17.8 Å². The molecule has 2 heterocycles. The molecule has 5 rings (SSSR count). The molecular formula is C24H29N3O3. The fraction of sp³-hybridized carbons (Fsp3) is 0.500. The minimum atomic E-state index is -0.0254. The van der Waals surface area contributed by atoms with Gasteiger partial charge in [0.05, 0.1) is 13.2 Å². The molecule has 2 fully saturated rings. The summed E-state index contributed by atoms with van der Waals surface area (Å²) in [6.45, 7) is 5.76. The van der Waals surface area contributed by atoms with Gasteiger partial charge in [-0.15, -0.1) is 0 Å². The molecule has 0 radical (unpaired) electrons. The van der Waals surface area contributed by atoms with Gasteiger partial charge in [0.25, 0.3) is 5.91 Å². The average Bonchev–Trinajstić information content (AvgIpc) is 3.54. The number of nitrogens with zero attached hydrogens (tertiary/aromatic N) is 3. The predicted molar refractivity (Wildman–Crippen MR) is 114 cm³/mol. The van der Waals surface area contributed by atoms with Crippen LogP contribution in [0.4, 0.5) is 0 Å². The molecule has 2 bridgehead atoms. The van der Waals surface area contributed by atoms with Gasteiger partial charge in [-0.2, -0.15) is 0 Å². The van der Waals surface area contributed by atoms with E-state index in [9.17, 15) is 4.79 Å². The van der Waals surface area contributed by atoms with Crippen LogP contribution in [-0.2, 0) is 4.74 Å². The van der Waals surface area contributed by atoms with Gasteiger partial charge in [-0.1, -0.05) is 42.5 Å². The number of hydrogen-bond acceptors (Lipinski definition) is 5. The Balaban J connectivity index is 1.34. The van der Waals surface area contributed by atoms with Gasteiger partial charge in [-0.05, 0) is 30.6 Å². The van der Waals surface area contributed by atoms with Crippen LogP contribution >= 0.6 is 0 Å². The van der Waals surface area contributed by atoms with E-state index in [4.69, 9.17) is 9.15 Å². The molecule has 1 aromatic carbocycles. The second-order valence-electron chi connectivity index (χ2n) is 8.64. The molecular weight excluding hydrogens is 378 g/mol. The Hall–Kier alpha value is -2.44. The maximum atomic E-state index is 13.6. The molecule has 3 atom stereocenters. The van der Waals surface area contributed by atoms with E-state index in [-0.39, 0.29) is 5.91 Å². The number of ether oxygens (including phenoxy) is 1. The van der Waals surface area contributed by atoms with Crippen molar-refractivity contribution in [2.75, 3.05) is 45.9 Å². The molecule has 3 aliphatic rings. The third-order valence-corrected chi connectivity index (χ3v) is 6.75. The van der Waals surface area contributed by atoms with E-state index in [0.29, 0.717) is 35.8 Å². The number of oxazole rings is 1. The second kappa shape index (κ2) is 8.74. The van der Waals surface area contributed by atoms with Crippen molar-refractivity contribution in [3.8, 4) is 11.3 Å². The Labute approximate surface area is 177 Å². The van der Waals surface area contributed by atoms with Gasteiger partial charge in [-0.3, -0.25) is 9.69 Å². The van der Waals surface area contributed by atoms with Gasteiger partial charge < -0.3 is 14.1 Å². The smallest absolute Gasteiger partial charge is 0.276 e. The quantitative estimate of drug-likeness (QED) is 0.659. The van der Waals surface area contributed by atoms with Crippen molar-refractivity contribution in [3.63, 3.8) is 0 Å². The molecule has 158 valence electrons. The lowest BCUT2D eigenvalue weighted by atomic mass is 9.93. The van der Waals surface area contributed by atoms with Crippen molar-refractivity contribution in [3.05, 3.63) is 54.6 Å². The number of hydrogen-bond donors (Lipinski definition) is 0. The van der Waals surface area contributed by atoms with E-state index in [2.05, 4.69) is 22.0 Å². The van der Waals surface area contributed by atoms with Crippen LogP contribution in [0.25, 0.3) is 11.3 Å². The number of aromatic nitrogens is 1. The largest absolute Gasteiger partial charge is 0.443 e. The van der Waals surface area contributed by atoms with E-state index < -0.39 is 0 Å². The van der Waals surface area contributed by atoms with Crippen LogP contribution in [0.15, 0.2) is 53.3 Å². The zero-order chi connectivity index (χ0) is 20.3. The lowest BCUT2D eigenvalue weighted by Gasteiger charge is -2.32. The number of fused-ring (bicyclic) bond motifs is 2. The molecule has 2 aliphatic carbocycles. The summed E-state index contributed by atoms with van der Waals surface area (Å²) in [5.41, 5.74) is 1.30. The Kier molecular flexibility index (Phi) is 5.69. The van der Waals surface area contributed by atoms with Gasteiger partial charge in [0, 0.05) is 38.3 Å². The number of carbonyl (C=O) groups is 1. The summed E-state index contributed by atoms with van der Waals surface area (Å²) in [6, 6.07) is 9.76. The first-order chi connectivity index (χ1) is 14.8. The number of allylic oxidation sites excluding steroid dienone is 2. The molecule has 1 saturated heterocycles. The zero-order valence-corrected chi connectivity index (χ0v) is 17.3. The number of rotatable bonds is 7. The summed E-state index contributed by atoms with van der Waals surface area (Å²) in [5.74, 6) is 2.39. The third kappa shape index (κ3) is 4.07. The minimum absolute atomic E-state index is 0.0254. The second-order valence-corrected chi connectivity index (χ2v) is 8.64. The van der Waals surface area contributed by atoms with Crippen molar-refractivity contribution in [1.29, 1.82) is 0 Å². The average molecular weight is 408 g/mol. The lowest BCUT2D eigenvalue weighted by Crippen LogP contribution is -2.45. The van der Waals surface area contributed by atoms with Crippen LogP contribution in [0.5, 0.6) is 0 Å². The van der Waals surface area contributed by atoms with Crippen molar-refractivity contribution >= 4 is 5.91 Å². The molecule has 0 spiro atoms. The summed E-state index contributed by atoms with van der Waals surface area (Å²) in [5, 5.41) is 0. The van der Waals surface area contributed by atoms with Crippen LogP contribution in [0.2, 0.25) is 0 Å². The van der Waals surface area contributed by atoms with E-state index >= 15 is 0 Å². The predicted octanol–water partition coefficient (Wildman–Crippen LogP) is 3.33. The molecule has 6 heteroatoms. The van der Waals surface area contributed by atoms with Crippen LogP contribution in [0.1, 0.15) is 23.3 Å². The fourth-order valence-electron chi connectivity index (χ4n) is 5.09. The van der Waals surface area contributed by atoms with Crippen molar-refractivity contribution in [2.45, 2.75) is 12.8 Å². The first kappa shape index (κ1) is 19.5. The van der Waals surface area contributed by atoms with E-state index in [1.807, 2.05) is 35.2 Å². The number of carbonyl (C=O) groups excluding carboxylic acids is 1. The van der Waals surface area contributed by atoms with Crippen molar-refractivity contribution in [1.82, 2.24) is 14.8 Å². The standard InChI is InChI=1S/C24H29N3O3/c28-24(22-23(30-17-25-22)19-4-2-1-3-5-19)27(9-8-26-10-12-29-13-11-26)16-21-15-18-6-7-20(21)14-18/h1-7,17-18,20-21H,8-16H2/t18-,20-,21-/m0/s1. The highest BCUT2D eigenvalue weighted by molar-refractivity contribution is 5.97. The van der Waals surface area contributed by atoms with Crippen LogP contribution < -0.4 is 0 Å². The van der Waals surface area contributed by atoms with Crippen LogP contribution in [-0.4, -0.2) is 66.6 Å². The SMILES string of the molecule is O=C(c1ncoc1-c1ccccc1)N(CCN1CCOCC1)C[C@@H]1C[C@H]2C=C[C@H]1C2. The van der Waals surface area contributed by atoms with Gasteiger partial charge >= 0.3 is 0 Å². The zero-order valence-electron chi connectivity index (χ0n) is 17.3. The van der Waals surface area contributed by atoms with E-state index in [1.165, 1.54) is 19.2 Å². The summed E-state index contributed by atoms with van der Waals surface area (Å²) < 4.78 is 11.1. The van der Waals surface area contributed by atoms with Gasteiger partial charge in [0.1, 0.15) is 0 Å². The van der Waals surface area contributed by atoms with E-state index in [0.717, 1.165) is 45.0 Å². The van der Waals surface area contributed by atoms with E-state index in [1.54, 1.807) is 0 Å². The normalized spacial score (nSPS) is 25.7. The highest BCUT2D eigenvalue weighted by Crippen LogP contribution is 2.43. The fourth-order valence-corrected chi connectivity index (χ4v) is 5.09. The number of amides is 1. The molecule has 30 heavy (non-hydrogen) atoms. The Morgan fingerprint density at radius 1 is 1.13 bits per heavy atom. The van der Waals surface area contributed by atoms with Crippen molar-refractivity contribution < 1.29 is 13.9 Å². The molecule has 1 aromatic heterocycles. The van der Waals surface area contributed by atoms with Crippen LogP contribution in [0, 0.1) is 17.8 Å². The van der Waals surface area contributed by atoms with Gasteiger partial charge in [0.2, 0.25) is 0 Å². The van der Waals surface area contributed by atoms with Gasteiger partial charge in [0.15, 0.2) is 17.8 Å². The lowest BCUT2D eigenvalue weighted by molar-refractivity contribution is 0.0312. The van der Waals surface area contributed by atoms with Gasteiger partial charge in [-0.25, -0.2) is 4.98 Å². The Morgan fingerprint density at radius 3 is 2.70 bits per heavy atom. The maximum absolute atomic E-state index is 13.6. The minimum Gasteiger partial charge on any atom is -0.443 e. The number of morpholine rings is 1. The Bertz CT molecular complexity index is 888. The first-order valence-electron chi connectivity index (χ1n) is 11.0. The molecule has 6 nitrogen and oxygen atoms in total. The molecule has 0 unspecified atom stereocenters. The molecule has 0 N–H and O–H groups in total. The summed E-state index contributed by atoms with van der Waals surface area (Å²) in [7, 11) is 0. The number of benzene rings is 1. The Morgan fingerprint density at radius 2 is 1.97 bits per heavy atom. The molecule has 1 aliphatic heterocycles. The first-order valence-corrected chi connectivity index (χ1v) is 11.0. The maximum Gasteiger partial charge on any atom is 0.276 e. The summed E-state index contributed by atoms with van der Waals surface area (Å²) >= 11 is 0. The highest BCUT2D eigenvalue weighted by atomic mass is 16.5.